The summed E-state index contributed by atoms with van der Waals surface area (Å²) in [4.78, 5) is 12.0. The number of hydrogen-bond donors (Lipinski definition) is 3. The SMILES string of the molecule is O=C(Nc1cc(Cl)ccc1Cl)c1cc(O)ccc1O. The molecule has 0 heterocycles. The number of carbonyl (C=O) groups is 1. The molecule has 0 atom stereocenters. The van der Waals surface area contributed by atoms with Crippen LogP contribution in [0.4, 0.5) is 5.69 Å². The van der Waals surface area contributed by atoms with Crippen LogP contribution in [-0.4, -0.2) is 16.1 Å². The number of benzene rings is 2. The molecule has 2 aromatic rings. The van der Waals surface area contributed by atoms with Crippen LogP contribution in [0, 0.1) is 0 Å². The molecule has 0 fully saturated rings. The number of carbonyl (C=O) groups excluding carboxylic acids is 1. The van der Waals surface area contributed by atoms with Crippen LogP contribution in [0.1, 0.15) is 10.4 Å². The highest BCUT2D eigenvalue weighted by molar-refractivity contribution is 6.35. The largest absolute Gasteiger partial charge is 0.508 e. The summed E-state index contributed by atoms with van der Waals surface area (Å²) in [5, 5.41) is 22.1. The van der Waals surface area contributed by atoms with Crippen LogP contribution in [-0.2, 0) is 0 Å². The van der Waals surface area contributed by atoms with Gasteiger partial charge in [-0.1, -0.05) is 23.2 Å². The average Bonchev–Trinajstić information content (AvgIpc) is 2.36. The summed E-state index contributed by atoms with van der Waals surface area (Å²) in [6, 6.07) is 8.28. The quantitative estimate of drug-likeness (QED) is 0.741. The highest BCUT2D eigenvalue weighted by atomic mass is 35.5. The lowest BCUT2D eigenvalue weighted by Gasteiger charge is -2.09. The van der Waals surface area contributed by atoms with Crippen molar-refractivity contribution >= 4 is 34.8 Å². The molecule has 98 valence electrons. The van der Waals surface area contributed by atoms with E-state index in [1.165, 1.54) is 18.2 Å². The molecule has 1 amide bonds. The van der Waals surface area contributed by atoms with Crippen LogP contribution in [0.2, 0.25) is 10.0 Å². The number of nitrogens with one attached hydrogen (secondary N) is 1. The lowest BCUT2D eigenvalue weighted by Crippen LogP contribution is -2.12. The number of phenolic OH excluding ortho intramolecular Hbond substituents is 2. The molecule has 0 bridgehead atoms. The van der Waals surface area contributed by atoms with Gasteiger partial charge in [0.25, 0.3) is 5.91 Å². The van der Waals surface area contributed by atoms with E-state index in [0.717, 1.165) is 6.07 Å². The Bertz CT molecular complexity index is 644. The molecule has 6 heteroatoms. The van der Waals surface area contributed by atoms with Crippen LogP contribution in [0.5, 0.6) is 11.5 Å². The Labute approximate surface area is 119 Å². The normalized spacial score (nSPS) is 10.2. The van der Waals surface area contributed by atoms with Crippen molar-refractivity contribution in [3.05, 3.63) is 52.0 Å². The number of rotatable bonds is 2. The van der Waals surface area contributed by atoms with E-state index in [0.29, 0.717) is 15.7 Å². The second kappa shape index (κ2) is 5.38. The van der Waals surface area contributed by atoms with Gasteiger partial charge in [-0.05, 0) is 36.4 Å². The van der Waals surface area contributed by atoms with Gasteiger partial charge in [0.1, 0.15) is 11.5 Å². The summed E-state index contributed by atoms with van der Waals surface area (Å²) in [5.41, 5.74) is 0.262. The van der Waals surface area contributed by atoms with Crippen molar-refractivity contribution in [1.29, 1.82) is 0 Å². The summed E-state index contributed by atoms with van der Waals surface area (Å²) in [6.45, 7) is 0. The maximum Gasteiger partial charge on any atom is 0.259 e. The third-order valence-corrected chi connectivity index (χ3v) is 2.97. The molecule has 19 heavy (non-hydrogen) atoms. The van der Waals surface area contributed by atoms with E-state index in [2.05, 4.69) is 5.32 Å². The van der Waals surface area contributed by atoms with Gasteiger partial charge in [-0.15, -0.1) is 0 Å². The van der Waals surface area contributed by atoms with E-state index in [4.69, 9.17) is 23.2 Å². The lowest BCUT2D eigenvalue weighted by atomic mass is 10.1. The molecular formula is C13H9Cl2NO3. The number of hydrogen-bond acceptors (Lipinski definition) is 3. The molecule has 0 radical (unpaired) electrons. The zero-order valence-corrected chi connectivity index (χ0v) is 11.0. The van der Waals surface area contributed by atoms with Crippen molar-refractivity contribution in [3.63, 3.8) is 0 Å². The minimum absolute atomic E-state index is 0.0592. The fourth-order valence-electron chi connectivity index (χ4n) is 1.49. The standard InChI is InChI=1S/C13H9Cl2NO3/c14-7-1-3-10(15)11(5-7)16-13(19)9-6-8(17)2-4-12(9)18/h1-6,17-18H,(H,16,19). The van der Waals surface area contributed by atoms with E-state index >= 15 is 0 Å². The Morgan fingerprint density at radius 1 is 1.05 bits per heavy atom. The first-order valence-corrected chi connectivity index (χ1v) is 6.01. The number of amides is 1. The summed E-state index contributed by atoms with van der Waals surface area (Å²) < 4.78 is 0. The molecule has 0 aliphatic carbocycles. The van der Waals surface area contributed by atoms with Gasteiger partial charge in [-0.2, -0.15) is 0 Å². The Balaban J connectivity index is 2.30. The first-order valence-electron chi connectivity index (χ1n) is 5.26. The molecular weight excluding hydrogens is 289 g/mol. The monoisotopic (exact) mass is 297 g/mol. The smallest absolute Gasteiger partial charge is 0.259 e. The molecule has 2 rings (SSSR count). The molecule has 0 aliphatic heterocycles. The molecule has 0 spiro atoms. The predicted molar refractivity (Wildman–Crippen MR) is 74.2 cm³/mol. The van der Waals surface area contributed by atoms with Crippen LogP contribution in [0.15, 0.2) is 36.4 Å². The maximum atomic E-state index is 12.0. The minimum atomic E-state index is -0.599. The Morgan fingerprint density at radius 2 is 1.79 bits per heavy atom. The van der Waals surface area contributed by atoms with Crippen LogP contribution in [0.25, 0.3) is 0 Å². The molecule has 0 saturated carbocycles. The highest BCUT2D eigenvalue weighted by Gasteiger charge is 2.13. The first-order chi connectivity index (χ1) is 8.97. The number of phenols is 2. The van der Waals surface area contributed by atoms with Crippen molar-refractivity contribution in [2.24, 2.45) is 0 Å². The maximum absolute atomic E-state index is 12.0. The van der Waals surface area contributed by atoms with E-state index in [1.807, 2.05) is 0 Å². The van der Waals surface area contributed by atoms with Gasteiger partial charge in [-0.3, -0.25) is 4.79 Å². The fraction of sp³-hybridized carbons (Fsp3) is 0. The molecule has 2 aromatic carbocycles. The molecule has 3 N–H and O–H groups in total. The van der Waals surface area contributed by atoms with Gasteiger partial charge >= 0.3 is 0 Å². The molecule has 0 unspecified atom stereocenters. The number of aromatic hydroxyl groups is 2. The van der Waals surface area contributed by atoms with Crippen molar-refractivity contribution in [2.75, 3.05) is 5.32 Å². The Morgan fingerprint density at radius 3 is 2.53 bits per heavy atom. The lowest BCUT2D eigenvalue weighted by molar-refractivity contribution is 0.102. The molecule has 4 nitrogen and oxygen atoms in total. The topological polar surface area (TPSA) is 69.6 Å². The molecule has 0 aromatic heterocycles. The minimum Gasteiger partial charge on any atom is -0.508 e. The van der Waals surface area contributed by atoms with E-state index in [-0.39, 0.29) is 17.1 Å². The summed E-state index contributed by atoms with van der Waals surface area (Å²) in [5.74, 6) is -0.967. The van der Waals surface area contributed by atoms with E-state index < -0.39 is 5.91 Å². The van der Waals surface area contributed by atoms with Crippen molar-refractivity contribution in [3.8, 4) is 11.5 Å². The van der Waals surface area contributed by atoms with Gasteiger partial charge < -0.3 is 15.5 Å². The Hall–Kier alpha value is -1.91. The second-order valence-electron chi connectivity index (χ2n) is 3.78. The number of halogens is 2. The highest BCUT2D eigenvalue weighted by Crippen LogP contribution is 2.28. The van der Waals surface area contributed by atoms with Crippen LogP contribution in [0.3, 0.4) is 0 Å². The molecule has 0 saturated heterocycles. The van der Waals surface area contributed by atoms with Gasteiger partial charge in [0.15, 0.2) is 0 Å². The summed E-state index contributed by atoms with van der Waals surface area (Å²) in [7, 11) is 0. The Kier molecular flexibility index (Phi) is 3.83. The van der Waals surface area contributed by atoms with Crippen LogP contribution < -0.4 is 5.32 Å². The third-order valence-electron chi connectivity index (χ3n) is 2.40. The van der Waals surface area contributed by atoms with E-state index in [1.54, 1.807) is 12.1 Å². The fourth-order valence-corrected chi connectivity index (χ4v) is 1.83. The van der Waals surface area contributed by atoms with Gasteiger partial charge in [-0.25, -0.2) is 0 Å². The molecule has 0 aliphatic rings. The first kappa shape index (κ1) is 13.5. The van der Waals surface area contributed by atoms with Gasteiger partial charge in [0.2, 0.25) is 0 Å². The van der Waals surface area contributed by atoms with Gasteiger partial charge in [0, 0.05) is 5.02 Å². The van der Waals surface area contributed by atoms with Crippen molar-refractivity contribution in [2.45, 2.75) is 0 Å². The average molecular weight is 298 g/mol. The second-order valence-corrected chi connectivity index (χ2v) is 4.62. The third kappa shape index (κ3) is 3.10. The van der Waals surface area contributed by atoms with Crippen LogP contribution >= 0.6 is 23.2 Å². The zero-order chi connectivity index (χ0) is 14.0. The van der Waals surface area contributed by atoms with Gasteiger partial charge in [0.05, 0.1) is 16.3 Å². The van der Waals surface area contributed by atoms with Crippen molar-refractivity contribution in [1.82, 2.24) is 0 Å². The predicted octanol–water partition coefficient (Wildman–Crippen LogP) is 3.66. The van der Waals surface area contributed by atoms with Crippen molar-refractivity contribution < 1.29 is 15.0 Å². The summed E-state index contributed by atoms with van der Waals surface area (Å²) in [6.07, 6.45) is 0. The summed E-state index contributed by atoms with van der Waals surface area (Å²) >= 11 is 11.7. The zero-order valence-electron chi connectivity index (χ0n) is 9.52. The van der Waals surface area contributed by atoms with E-state index in [9.17, 15) is 15.0 Å². The number of anilines is 1.